The maximum Gasteiger partial charge on any atom is 0.0419 e. The van der Waals surface area contributed by atoms with Crippen LogP contribution in [0.3, 0.4) is 0 Å². The molecule has 23 heavy (non-hydrogen) atoms. The Morgan fingerprint density at radius 2 is 1.30 bits per heavy atom. The summed E-state index contributed by atoms with van der Waals surface area (Å²) in [4.78, 5) is 0. The predicted molar refractivity (Wildman–Crippen MR) is 122 cm³/mol. The summed E-state index contributed by atoms with van der Waals surface area (Å²) in [6, 6.07) is 15.0. The van der Waals surface area contributed by atoms with Crippen molar-refractivity contribution in [2.45, 2.75) is 90.6 Å². The largest absolute Gasteiger partial charge is 0.0720 e. The second kappa shape index (κ2) is 16.7. The first kappa shape index (κ1) is 25.1. The second-order valence-electron chi connectivity index (χ2n) is 7.52. The van der Waals surface area contributed by atoms with E-state index in [1.165, 1.54) is 40.0 Å². The Kier molecular flexibility index (Phi) is 18.3. The van der Waals surface area contributed by atoms with Crippen molar-refractivity contribution in [3.8, 4) is 0 Å². The van der Waals surface area contributed by atoms with Gasteiger partial charge in [-0.25, -0.2) is 0 Å². The van der Waals surface area contributed by atoms with Gasteiger partial charge in [-0.3, -0.25) is 0 Å². The van der Waals surface area contributed by atoms with E-state index in [0.717, 1.165) is 11.1 Å². The van der Waals surface area contributed by atoms with Gasteiger partial charge < -0.3 is 0 Å². The first-order chi connectivity index (χ1) is 10.8. The van der Waals surface area contributed by atoms with Crippen LogP contribution in [0.2, 0.25) is 35.8 Å². The van der Waals surface area contributed by atoms with Crippen LogP contribution in [0.15, 0.2) is 30.3 Å². The topological polar surface area (TPSA) is 0 Å². The molecule has 0 aliphatic rings. The van der Waals surface area contributed by atoms with E-state index < -0.39 is 0 Å². The van der Waals surface area contributed by atoms with Crippen LogP contribution in [0.4, 0.5) is 0 Å². The fourth-order valence-corrected chi connectivity index (χ4v) is 7.09. The summed E-state index contributed by atoms with van der Waals surface area (Å²) in [5.74, 6) is 0. The normalized spacial score (nSPS) is 10.6. The van der Waals surface area contributed by atoms with Crippen LogP contribution < -0.4 is 5.19 Å². The van der Waals surface area contributed by atoms with Gasteiger partial charge in [-0.15, -0.1) is 0 Å². The highest BCUT2D eigenvalue weighted by molar-refractivity contribution is 6.61. The fraction of sp³-hybridized carbons (Fsp3) is 0.700. The minimum absolute atomic E-state index is 0.160. The first-order valence-electron chi connectivity index (χ1n) is 9.81. The molecule has 0 unspecified atom stereocenters. The second-order valence-corrected chi connectivity index (χ2v) is 17.1. The molecule has 0 radical (unpaired) electrons. The Hall–Kier alpha value is -0.129. The number of rotatable bonds is 6. The van der Waals surface area contributed by atoms with Gasteiger partial charge in [0, 0.05) is 27.8 Å². The van der Waals surface area contributed by atoms with Crippen LogP contribution >= 0.6 is 0 Å². The zero-order valence-electron chi connectivity index (χ0n) is 17.5. The molecule has 3 heteroatoms. The molecular weight excluding hydrogens is 324 g/mol. The van der Waals surface area contributed by atoms with Gasteiger partial charge in [-0.1, -0.05) is 126 Å². The molecule has 0 fully saturated rings. The smallest absolute Gasteiger partial charge is 0.0419 e. The SMILES string of the molecule is CCC[SiH](C(C)C)C(C)C.CC[SiH](C)CC.[SiH3]c1ccccc1. The van der Waals surface area contributed by atoms with Gasteiger partial charge in [0.15, 0.2) is 0 Å². The molecule has 0 aliphatic carbocycles. The highest BCUT2D eigenvalue weighted by Gasteiger charge is 2.17. The molecule has 0 saturated heterocycles. The lowest BCUT2D eigenvalue weighted by Crippen LogP contribution is -2.19. The Labute approximate surface area is 154 Å². The average molecular weight is 369 g/mol. The maximum atomic E-state index is 2.42. The van der Waals surface area contributed by atoms with Crippen molar-refractivity contribution in [2.75, 3.05) is 0 Å². The maximum absolute atomic E-state index is 2.42. The number of benzene rings is 1. The molecule has 0 bridgehead atoms. The van der Waals surface area contributed by atoms with Gasteiger partial charge in [0.25, 0.3) is 0 Å². The molecule has 0 heterocycles. The van der Waals surface area contributed by atoms with Gasteiger partial charge in [0.2, 0.25) is 0 Å². The quantitative estimate of drug-likeness (QED) is 0.619. The van der Waals surface area contributed by atoms with Crippen LogP contribution in [-0.4, -0.2) is 27.8 Å². The van der Waals surface area contributed by atoms with Crippen LogP contribution in [0.1, 0.15) is 54.9 Å². The molecule has 0 atom stereocenters. The van der Waals surface area contributed by atoms with Crippen molar-refractivity contribution in [3.05, 3.63) is 30.3 Å². The third-order valence-corrected chi connectivity index (χ3v) is 12.8. The standard InChI is InChI=1S/C9H22Si.C6H8Si.C5H14Si/c1-6-7-10(8(2)3)9(4)5;7-6-4-2-1-3-5-6;1-4-6(3)5-2/h8-10H,6-7H2,1-5H3;1-5H,7H3;6H,4-5H2,1-3H3. The van der Waals surface area contributed by atoms with Gasteiger partial charge in [-0.05, 0) is 0 Å². The third kappa shape index (κ3) is 16.5. The van der Waals surface area contributed by atoms with E-state index in [0.29, 0.717) is 0 Å². The van der Waals surface area contributed by atoms with E-state index in [9.17, 15) is 0 Å². The summed E-state index contributed by atoms with van der Waals surface area (Å²) >= 11 is 0. The highest BCUT2D eigenvalue weighted by atomic mass is 28.3. The lowest BCUT2D eigenvalue weighted by Gasteiger charge is -2.22. The Morgan fingerprint density at radius 3 is 1.43 bits per heavy atom. The predicted octanol–water partition coefficient (Wildman–Crippen LogP) is 5.00. The van der Waals surface area contributed by atoms with Gasteiger partial charge >= 0.3 is 0 Å². The van der Waals surface area contributed by atoms with Gasteiger partial charge in [-0.2, -0.15) is 0 Å². The minimum Gasteiger partial charge on any atom is -0.0720 e. The van der Waals surface area contributed by atoms with E-state index in [2.05, 4.69) is 79.3 Å². The van der Waals surface area contributed by atoms with Crippen molar-refractivity contribution in [1.29, 1.82) is 0 Å². The van der Waals surface area contributed by atoms with Crippen LogP contribution in [0.25, 0.3) is 0 Å². The highest BCUT2D eigenvalue weighted by Crippen LogP contribution is 2.24. The monoisotopic (exact) mass is 368 g/mol. The van der Waals surface area contributed by atoms with E-state index >= 15 is 0 Å². The first-order valence-corrected chi connectivity index (χ1v) is 15.7. The molecule has 0 aromatic heterocycles. The molecule has 0 N–H and O–H groups in total. The number of hydrogen-bond acceptors (Lipinski definition) is 0. The van der Waals surface area contributed by atoms with Crippen LogP contribution in [0.5, 0.6) is 0 Å². The fourth-order valence-electron chi connectivity index (χ4n) is 2.59. The molecule has 0 saturated carbocycles. The van der Waals surface area contributed by atoms with Crippen molar-refractivity contribution < 1.29 is 0 Å². The minimum atomic E-state index is -0.380. The summed E-state index contributed by atoms with van der Waals surface area (Å²) in [7, 11) is 0.633. The molecule has 0 aliphatic heterocycles. The summed E-state index contributed by atoms with van der Waals surface area (Å²) < 4.78 is 0. The molecule has 0 nitrogen and oxygen atoms in total. The molecule has 1 rings (SSSR count). The molecular formula is C20H44Si3. The summed E-state index contributed by atoms with van der Waals surface area (Å²) in [6.07, 6.45) is 1.40. The molecule has 0 spiro atoms. The van der Waals surface area contributed by atoms with E-state index in [1.54, 1.807) is 0 Å². The lowest BCUT2D eigenvalue weighted by molar-refractivity contribution is 0.894. The zero-order chi connectivity index (χ0) is 18.3. The van der Waals surface area contributed by atoms with Crippen LogP contribution in [-0.2, 0) is 0 Å². The average Bonchev–Trinajstić information content (AvgIpc) is 2.53. The summed E-state index contributed by atoms with van der Waals surface area (Å²) in [6.45, 7) is 18.9. The van der Waals surface area contributed by atoms with Gasteiger partial charge in [0.05, 0.1) is 0 Å². The third-order valence-electron chi connectivity index (χ3n) is 4.67. The van der Waals surface area contributed by atoms with Crippen molar-refractivity contribution in [1.82, 2.24) is 0 Å². The number of hydrogen-bond donors (Lipinski definition) is 0. The molecule has 1 aromatic carbocycles. The van der Waals surface area contributed by atoms with Crippen molar-refractivity contribution >= 4 is 33.0 Å². The lowest BCUT2D eigenvalue weighted by atomic mass is 10.4. The van der Waals surface area contributed by atoms with Crippen LogP contribution in [0, 0.1) is 0 Å². The molecule has 0 amide bonds. The van der Waals surface area contributed by atoms with Crippen molar-refractivity contribution in [3.63, 3.8) is 0 Å². The van der Waals surface area contributed by atoms with E-state index in [-0.39, 0.29) is 17.6 Å². The van der Waals surface area contributed by atoms with E-state index in [1.807, 2.05) is 6.07 Å². The Balaban J connectivity index is 0. The summed E-state index contributed by atoms with van der Waals surface area (Å²) in [5, 5.41) is 1.46. The summed E-state index contributed by atoms with van der Waals surface area (Å²) in [5.41, 5.74) is 2.00. The van der Waals surface area contributed by atoms with E-state index in [4.69, 9.17) is 0 Å². The Morgan fingerprint density at radius 1 is 0.870 bits per heavy atom. The molecule has 136 valence electrons. The van der Waals surface area contributed by atoms with Crippen molar-refractivity contribution in [2.24, 2.45) is 0 Å². The zero-order valence-corrected chi connectivity index (χ0v) is 21.8. The Bertz CT molecular complexity index is 324. The van der Waals surface area contributed by atoms with Gasteiger partial charge in [0.1, 0.15) is 0 Å². The molecule has 1 aromatic rings.